The minimum atomic E-state index is 0.0245. The SMILES string of the molecule is C=CC1c2ccccc2-c2cccc[n+]2C1C1C(C(C)CC)=C(C(=C)O/C(C)=N\CC(C)c2cccc(C(C)C)c2)c2cc(C)c(C(C)C)c[n+]21. The van der Waals surface area contributed by atoms with Crippen LogP contribution in [0, 0.1) is 12.8 Å². The molecule has 2 aromatic carbocycles. The van der Waals surface area contributed by atoms with Gasteiger partial charge in [-0.1, -0.05) is 104 Å². The molecule has 0 N–H and O–H groups in total. The van der Waals surface area contributed by atoms with Crippen molar-refractivity contribution >= 4 is 11.5 Å². The number of rotatable bonds is 11. The molecule has 0 fully saturated rings. The summed E-state index contributed by atoms with van der Waals surface area (Å²) in [5, 5.41) is 0. The minimum Gasteiger partial charge on any atom is -0.443 e. The highest BCUT2D eigenvalue weighted by Gasteiger charge is 2.55. The van der Waals surface area contributed by atoms with Gasteiger partial charge in [0.05, 0.1) is 17.1 Å². The number of hydrogen-bond donors (Lipinski definition) is 0. The zero-order valence-corrected chi connectivity index (χ0v) is 32.3. The van der Waals surface area contributed by atoms with E-state index in [1.54, 1.807) is 0 Å². The molecule has 0 radical (unpaired) electrons. The second-order valence-electron chi connectivity index (χ2n) is 15.4. The number of benzene rings is 2. The fourth-order valence-corrected chi connectivity index (χ4v) is 8.37. The van der Waals surface area contributed by atoms with Crippen LogP contribution in [0.2, 0.25) is 0 Å². The predicted octanol–water partition coefficient (Wildman–Crippen LogP) is 11.1. The molecule has 4 aromatic rings. The molecular formula is C47H57N3O+2. The maximum atomic E-state index is 6.65. The third kappa shape index (κ3) is 6.78. The summed E-state index contributed by atoms with van der Waals surface area (Å²) in [5.74, 6) is 2.85. The van der Waals surface area contributed by atoms with Gasteiger partial charge in [0, 0.05) is 48.7 Å². The van der Waals surface area contributed by atoms with Gasteiger partial charge in [-0.25, -0.2) is 0 Å². The Morgan fingerprint density at radius 2 is 1.59 bits per heavy atom. The number of nitrogens with zero attached hydrogens (tertiary/aromatic N) is 3. The van der Waals surface area contributed by atoms with Crippen molar-refractivity contribution in [2.45, 2.75) is 104 Å². The number of allylic oxidation sites excluding steroid dienone is 3. The van der Waals surface area contributed by atoms with E-state index < -0.39 is 0 Å². The summed E-state index contributed by atoms with van der Waals surface area (Å²) in [4.78, 5) is 4.96. The number of fused-ring (bicyclic) bond motifs is 4. The molecule has 0 saturated heterocycles. The van der Waals surface area contributed by atoms with Gasteiger partial charge in [0.15, 0.2) is 18.3 Å². The molecule has 5 atom stereocenters. The Morgan fingerprint density at radius 1 is 0.863 bits per heavy atom. The third-order valence-corrected chi connectivity index (χ3v) is 11.3. The number of aryl methyl sites for hydroxylation is 1. The van der Waals surface area contributed by atoms with Crippen molar-refractivity contribution < 1.29 is 13.9 Å². The normalized spacial score (nSPS) is 19.4. The molecule has 0 bridgehead atoms. The van der Waals surface area contributed by atoms with E-state index in [0.29, 0.717) is 30.0 Å². The van der Waals surface area contributed by atoms with E-state index in [9.17, 15) is 0 Å². The molecule has 0 saturated carbocycles. The Bertz CT molecular complexity index is 2010. The Balaban J connectivity index is 1.46. The van der Waals surface area contributed by atoms with E-state index in [0.717, 1.165) is 17.7 Å². The van der Waals surface area contributed by atoms with E-state index in [4.69, 9.17) is 9.73 Å². The first-order valence-electron chi connectivity index (χ1n) is 19.0. The molecule has 0 spiro atoms. The highest BCUT2D eigenvalue weighted by atomic mass is 16.5. The first kappa shape index (κ1) is 36.2. The molecule has 0 aliphatic carbocycles. The molecule has 51 heavy (non-hydrogen) atoms. The highest BCUT2D eigenvalue weighted by Crippen LogP contribution is 2.50. The third-order valence-electron chi connectivity index (χ3n) is 11.3. The number of pyridine rings is 2. The second kappa shape index (κ2) is 15.0. The van der Waals surface area contributed by atoms with Crippen LogP contribution in [0.15, 0.2) is 121 Å². The Kier molecular flexibility index (Phi) is 10.6. The van der Waals surface area contributed by atoms with Gasteiger partial charge in [-0.3, -0.25) is 4.99 Å². The molecule has 4 heterocycles. The van der Waals surface area contributed by atoms with E-state index in [-0.39, 0.29) is 29.8 Å². The number of aliphatic imine (C=N–C) groups is 1. The van der Waals surface area contributed by atoms with Gasteiger partial charge in [-0.2, -0.15) is 9.13 Å². The zero-order chi connectivity index (χ0) is 36.6. The summed E-state index contributed by atoms with van der Waals surface area (Å²) in [6, 6.07) is 26.8. The van der Waals surface area contributed by atoms with Gasteiger partial charge < -0.3 is 4.74 Å². The first-order chi connectivity index (χ1) is 24.5. The van der Waals surface area contributed by atoms with Crippen LogP contribution in [-0.2, 0) is 4.74 Å². The maximum Gasteiger partial charge on any atom is 0.243 e. The summed E-state index contributed by atoms with van der Waals surface area (Å²) >= 11 is 0. The van der Waals surface area contributed by atoms with Crippen LogP contribution in [0.25, 0.3) is 16.8 Å². The lowest BCUT2D eigenvalue weighted by molar-refractivity contribution is -0.806. The molecule has 6 rings (SSSR count). The van der Waals surface area contributed by atoms with Crippen molar-refractivity contribution in [2.24, 2.45) is 10.9 Å². The summed E-state index contributed by atoms with van der Waals surface area (Å²) in [5.41, 5.74) is 12.8. The van der Waals surface area contributed by atoms with Gasteiger partial charge in [0.1, 0.15) is 5.76 Å². The topological polar surface area (TPSA) is 29.3 Å². The van der Waals surface area contributed by atoms with Crippen LogP contribution in [0.1, 0.15) is 131 Å². The molecule has 4 heteroatoms. The van der Waals surface area contributed by atoms with E-state index in [2.05, 4.69) is 169 Å². The number of hydrogen-bond acceptors (Lipinski definition) is 2. The fraction of sp³-hybridized carbons (Fsp3) is 0.383. The zero-order valence-electron chi connectivity index (χ0n) is 32.3. The van der Waals surface area contributed by atoms with Gasteiger partial charge in [0.2, 0.25) is 23.5 Å². The highest BCUT2D eigenvalue weighted by molar-refractivity contribution is 5.84. The van der Waals surface area contributed by atoms with E-state index in [1.807, 2.05) is 6.92 Å². The second-order valence-corrected chi connectivity index (χ2v) is 15.4. The lowest BCUT2D eigenvalue weighted by Crippen LogP contribution is -2.57. The fourth-order valence-electron chi connectivity index (χ4n) is 8.37. The average molecular weight is 680 g/mol. The average Bonchev–Trinajstić information content (AvgIpc) is 3.45. The maximum absolute atomic E-state index is 6.65. The van der Waals surface area contributed by atoms with Crippen LogP contribution < -0.4 is 9.13 Å². The molecular weight excluding hydrogens is 623 g/mol. The predicted molar refractivity (Wildman–Crippen MR) is 212 cm³/mol. The molecule has 5 unspecified atom stereocenters. The molecule has 4 nitrogen and oxygen atoms in total. The lowest BCUT2D eigenvalue weighted by Gasteiger charge is -2.32. The van der Waals surface area contributed by atoms with Crippen molar-refractivity contribution in [3.05, 3.63) is 149 Å². The van der Waals surface area contributed by atoms with Crippen molar-refractivity contribution in [3.63, 3.8) is 0 Å². The van der Waals surface area contributed by atoms with Crippen molar-refractivity contribution in [1.29, 1.82) is 0 Å². The molecule has 2 aromatic heterocycles. The summed E-state index contributed by atoms with van der Waals surface area (Å²) in [6.07, 6.45) is 7.84. The smallest absolute Gasteiger partial charge is 0.243 e. The van der Waals surface area contributed by atoms with Gasteiger partial charge in [-0.05, 0) is 65.5 Å². The molecule has 2 aliphatic rings. The summed E-state index contributed by atoms with van der Waals surface area (Å²) in [7, 11) is 0. The van der Waals surface area contributed by atoms with Gasteiger partial charge in [0.25, 0.3) is 0 Å². The minimum absolute atomic E-state index is 0.0245. The van der Waals surface area contributed by atoms with E-state index >= 15 is 0 Å². The lowest BCUT2D eigenvalue weighted by atomic mass is 9.76. The van der Waals surface area contributed by atoms with E-state index in [1.165, 1.54) is 44.6 Å². The number of aromatic nitrogens is 2. The van der Waals surface area contributed by atoms with Crippen LogP contribution in [-0.4, -0.2) is 12.4 Å². The Hall–Kier alpha value is -4.57. The molecule has 264 valence electrons. The molecule has 2 aliphatic heterocycles. The van der Waals surface area contributed by atoms with Crippen LogP contribution >= 0.6 is 0 Å². The summed E-state index contributed by atoms with van der Waals surface area (Å²) < 4.78 is 11.7. The largest absolute Gasteiger partial charge is 0.443 e. The Morgan fingerprint density at radius 3 is 2.29 bits per heavy atom. The standard InChI is InChI=1S/C47H57N3O/c1-12-31(7)44-45(34(10)51-35(11)48-27-33(9)37-20-18-19-36(26-37)29(3)4)43-25-32(8)41(30(5)6)28-50(43)47(44)46-38(13-2)39-21-14-15-22-40(39)42-23-16-17-24-49(42)46/h13-26,28-31,33,38,46-47H,2,10,12,27H2,1,3-9,11H3/q+2/b48-35-. The van der Waals surface area contributed by atoms with Crippen molar-refractivity contribution in [1.82, 2.24) is 0 Å². The quantitative estimate of drug-likeness (QED) is 0.0510. The number of ether oxygens (including phenoxy) is 1. The van der Waals surface area contributed by atoms with Crippen LogP contribution in [0.3, 0.4) is 0 Å². The first-order valence-corrected chi connectivity index (χ1v) is 19.0. The van der Waals surface area contributed by atoms with Crippen LogP contribution in [0.4, 0.5) is 0 Å². The monoisotopic (exact) mass is 679 g/mol. The van der Waals surface area contributed by atoms with Crippen LogP contribution in [0.5, 0.6) is 0 Å². The van der Waals surface area contributed by atoms with Crippen molar-refractivity contribution in [3.8, 4) is 11.3 Å². The molecule has 0 amide bonds. The van der Waals surface area contributed by atoms with Gasteiger partial charge >= 0.3 is 0 Å². The van der Waals surface area contributed by atoms with Gasteiger partial charge in [-0.15, -0.1) is 6.58 Å². The summed E-state index contributed by atoms with van der Waals surface area (Å²) in [6.45, 7) is 29.9. The Labute approximate surface area is 307 Å². The van der Waals surface area contributed by atoms with Crippen molar-refractivity contribution in [2.75, 3.05) is 6.54 Å².